The van der Waals surface area contributed by atoms with Crippen molar-refractivity contribution in [2.75, 3.05) is 13.1 Å². The number of carbonyl (C=O) groups is 1. The van der Waals surface area contributed by atoms with E-state index in [-0.39, 0.29) is 17.8 Å². The second-order valence-corrected chi connectivity index (χ2v) is 6.91. The number of nitrogens with zero attached hydrogens (tertiary/aromatic N) is 3. The van der Waals surface area contributed by atoms with Crippen molar-refractivity contribution in [3.05, 3.63) is 53.4 Å². The topological polar surface area (TPSA) is 38.1 Å². The van der Waals surface area contributed by atoms with Crippen LogP contribution in [0.4, 0.5) is 4.39 Å². The number of benzene rings is 1. The minimum atomic E-state index is -0.272. The highest BCUT2D eigenvalue weighted by molar-refractivity contribution is 7.20. The number of likely N-dealkylation sites (tertiary alicyclic amines) is 1. The van der Waals surface area contributed by atoms with Gasteiger partial charge in [-0.2, -0.15) is 5.10 Å². The van der Waals surface area contributed by atoms with Gasteiger partial charge in [0, 0.05) is 30.2 Å². The molecule has 0 bridgehead atoms. The summed E-state index contributed by atoms with van der Waals surface area (Å²) < 4.78 is 16.2. The molecule has 1 fully saturated rings. The summed E-state index contributed by atoms with van der Waals surface area (Å²) in [6.45, 7) is 1.43. The molecule has 0 radical (unpaired) electrons. The van der Waals surface area contributed by atoms with Crippen LogP contribution in [0.5, 0.6) is 0 Å². The van der Waals surface area contributed by atoms with E-state index in [2.05, 4.69) is 5.10 Å². The minimum Gasteiger partial charge on any atom is -0.336 e. The van der Waals surface area contributed by atoms with Gasteiger partial charge < -0.3 is 4.90 Å². The van der Waals surface area contributed by atoms with E-state index in [4.69, 9.17) is 0 Å². The fourth-order valence-electron chi connectivity index (χ4n) is 3.13. The average molecular weight is 329 g/mol. The molecule has 3 aromatic rings. The maximum absolute atomic E-state index is 13.3. The second-order valence-electron chi connectivity index (χ2n) is 5.83. The number of hydrogen-bond donors (Lipinski definition) is 0. The number of aromatic nitrogens is 2. The summed E-state index contributed by atoms with van der Waals surface area (Å²) in [7, 11) is 0. The molecule has 1 amide bonds. The lowest BCUT2D eigenvalue weighted by atomic mass is 10.1. The Morgan fingerprint density at radius 3 is 3.09 bits per heavy atom. The summed E-state index contributed by atoms with van der Waals surface area (Å²) in [5, 5.41) is 5.08. The smallest absolute Gasteiger partial charge is 0.264 e. The number of carbonyl (C=O) groups excluding carboxylic acids is 1. The fourth-order valence-corrected chi connectivity index (χ4v) is 4.14. The van der Waals surface area contributed by atoms with Gasteiger partial charge in [0.1, 0.15) is 5.82 Å². The molecule has 1 aliphatic rings. The molecule has 2 aromatic heterocycles. The van der Waals surface area contributed by atoms with Crippen molar-refractivity contribution in [3.8, 4) is 0 Å². The van der Waals surface area contributed by atoms with Gasteiger partial charge in [-0.25, -0.2) is 4.39 Å². The van der Waals surface area contributed by atoms with Gasteiger partial charge in [0.25, 0.3) is 5.91 Å². The lowest BCUT2D eigenvalue weighted by Gasteiger charge is -2.32. The van der Waals surface area contributed by atoms with Crippen molar-refractivity contribution in [3.63, 3.8) is 0 Å². The van der Waals surface area contributed by atoms with Crippen molar-refractivity contribution >= 4 is 27.3 Å². The Bertz CT molecular complexity index is 843. The Labute approximate surface area is 137 Å². The molecule has 0 aliphatic carbocycles. The van der Waals surface area contributed by atoms with Crippen LogP contribution in [0.2, 0.25) is 0 Å². The monoisotopic (exact) mass is 329 g/mol. The molecule has 0 N–H and O–H groups in total. The molecule has 6 heteroatoms. The molecule has 0 saturated carbocycles. The Morgan fingerprint density at radius 2 is 2.26 bits per heavy atom. The number of halogens is 1. The van der Waals surface area contributed by atoms with E-state index in [1.54, 1.807) is 18.3 Å². The number of amides is 1. The van der Waals surface area contributed by atoms with Crippen molar-refractivity contribution in [1.29, 1.82) is 0 Å². The highest BCUT2D eigenvalue weighted by atomic mass is 32.1. The molecule has 4 rings (SSSR count). The molecule has 0 unspecified atom stereocenters. The summed E-state index contributed by atoms with van der Waals surface area (Å²) in [5.74, 6) is -0.241. The first-order chi connectivity index (χ1) is 11.2. The summed E-state index contributed by atoms with van der Waals surface area (Å²) in [6.07, 6.45) is 5.71. The first-order valence-electron chi connectivity index (χ1n) is 7.68. The zero-order chi connectivity index (χ0) is 15.8. The van der Waals surface area contributed by atoms with Gasteiger partial charge in [-0.3, -0.25) is 9.48 Å². The fraction of sp³-hybridized carbons (Fsp3) is 0.294. The van der Waals surface area contributed by atoms with Crippen LogP contribution >= 0.6 is 11.3 Å². The molecule has 3 heterocycles. The first-order valence-corrected chi connectivity index (χ1v) is 8.50. The quantitative estimate of drug-likeness (QED) is 0.719. The highest BCUT2D eigenvalue weighted by Crippen LogP contribution is 2.29. The zero-order valence-corrected chi connectivity index (χ0v) is 13.3. The van der Waals surface area contributed by atoms with Gasteiger partial charge >= 0.3 is 0 Å². The van der Waals surface area contributed by atoms with Crippen molar-refractivity contribution in [2.24, 2.45) is 0 Å². The maximum atomic E-state index is 13.3. The van der Waals surface area contributed by atoms with Crippen LogP contribution in [0, 0.1) is 5.82 Å². The number of piperidine rings is 1. The maximum Gasteiger partial charge on any atom is 0.264 e. The summed E-state index contributed by atoms with van der Waals surface area (Å²) in [4.78, 5) is 15.3. The van der Waals surface area contributed by atoms with Crippen molar-refractivity contribution in [2.45, 2.75) is 18.9 Å². The van der Waals surface area contributed by atoms with Crippen LogP contribution in [0.3, 0.4) is 0 Å². The van der Waals surface area contributed by atoms with E-state index < -0.39 is 0 Å². The van der Waals surface area contributed by atoms with E-state index in [1.807, 2.05) is 21.8 Å². The van der Waals surface area contributed by atoms with Crippen molar-refractivity contribution < 1.29 is 9.18 Å². The average Bonchev–Trinajstić information content (AvgIpc) is 3.23. The Morgan fingerprint density at radius 1 is 1.35 bits per heavy atom. The number of hydrogen-bond acceptors (Lipinski definition) is 3. The molecule has 1 aromatic carbocycles. The largest absolute Gasteiger partial charge is 0.336 e. The van der Waals surface area contributed by atoms with E-state index in [0.717, 1.165) is 29.5 Å². The van der Waals surface area contributed by atoms with Gasteiger partial charge in [0.15, 0.2) is 0 Å². The van der Waals surface area contributed by atoms with Crippen molar-refractivity contribution in [1.82, 2.24) is 14.7 Å². The summed E-state index contributed by atoms with van der Waals surface area (Å²) in [5.41, 5.74) is 0. The Hall–Kier alpha value is -2.21. The second kappa shape index (κ2) is 5.77. The SMILES string of the molecule is O=C(c1cc2cc(F)ccc2s1)N1CCC[C@H](n2cccn2)C1. The summed E-state index contributed by atoms with van der Waals surface area (Å²) in [6, 6.07) is 8.57. The lowest BCUT2D eigenvalue weighted by molar-refractivity contribution is 0.0678. The first kappa shape index (κ1) is 14.4. The van der Waals surface area contributed by atoms with E-state index in [1.165, 1.54) is 23.5 Å². The number of rotatable bonds is 2. The molecule has 1 aliphatic heterocycles. The normalized spacial score (nSPS) is 18.5. The van der Waals surface area contributed by atoms with Crippen LogP contribution in [0.25, 0.3) is 10.1 Å². The van der Waals surface area contributed by atoms with Gasteiger partial charge in [-0.05, 0) is 48.6 Å². The molecule has 1 saturated heterocycles. The van der Waals surface area contributed by atoms with Crippen LogP contribution in [0.15, 0.2) is 42.7 Å². The van der Waals surface area contributed by atoms with E-state index in [0.29, 0.717) is 11.4 Å². The van der Waals surface area contributed by atoms with E-state index in [9.17, 15) is 9.18 Å². The van der Waals surface area contributed by atoms with Gasteiger partial charge in [-0.15, -0.1) is 11.3 Å². The summed E-state index contributed by atoms with van der Waals surface area (Å²) >= 11 is 1.43. The molecule has 118 valence electrons. The number of thiophene rings is 1. The molecule has 0 spiro atoms. The highest BCUT2D eigenvalue weighted by Gasteiger charge is 2.26. The minimum absolute atomic E-state index is 0.0310. The van der Waals surface area contributed by atoms with Crippen LogP contribution in [-0.4, -0.2) is 33.7 Å². The van der Waals surface area contributed by atoms with Crippen LogP contribution in [-0.2, 0) is 0 Å². The third kappa shape index (κ3) is 2.74. The Kier molecular flexibility index (Phi) is 3.61. The van der Waals surface area contributed by atoms with Gasteiger partial charge in [0.05, 0.1) is 10.9 Å². The number of fused-ring (bicyclic) bond motifs is 1. The molecular formula is C17H16FN3OS. The standard InChI is InChI=1S/C17H16FN3OS/c18-13-4-5-15-12(9-13)10-16(23-15)17(22)20-7-1-3-14(11-20)21-8-2-6-19-21/h2,4-6,8-10,14H,1,3,7,11H2/t14-/m0/s1. The predicted octanol–water partition coefficient (Wildman–Crippen LogP) is 3.71. The molecular weight excluding hydrogens is 313 g/mol. The lowest BCUT2D eigenvalue weighted by Crippen LogP contribution is -2.40. The Balaban J connectivity index is 1.57. The van der Waals surface area contributed by atoms with Crippen LogP contribution in [0.1, 0.15) is 28.6 Å². The zero-order valence-electron chi connectivity index (χ0n) is 12.5. The molecule has 4 nitrogen and oxygen atoms in total. The third-order valence-electron chi connectivity index (χ3n) is 4.27. The van der Waals surface area contributed by atoms with Crippen LogP contribution < -0.4 is 0 Å². The predicted molar refractivity (Wildman–Crippen MR) is 88.2 cm³/mol. The van der Waals surface area contributed by atoms with Gasteiger partial charge in [-0.1, -0.05) is 0 Å². The third-order valence-corrected chi connectivity index (χ3v) is 5.38. The molecule has 23 heavy (non-hydrogen) atoms. The van der Waals surface area contributed by atoms with E-state index >= 15 is 0 Å². The van der Waals surface area contributed by atoms with Gasteiger partial charge in [0.2, 0.25) is 0 Å². The molecule has 1 atom stereocenters.